The van der Waals surface area contributed by atoms with Crippen LogP contribution in [-0.4, -0.2) is 19.2 Å². The summed E-state index contributed by atoms with van der Waals surface area (Å²) in [6, 6.07) is 20.1. The third-order valence-electron chi connectivity index (χ3n) is 4.41. The van der Waals surface area contributed by atoms with E-state index in [2.05, 4.69) is 10.0 Å². The number of rotatable bonds is 7. The molecule has 0 saturated carbocycles. The monoisotopic (exact) mass is 425 g/mol. The molecule has 3 rings (SSSR count). The molecular weight excluding hydrogens is 406 g/mol. The zero-order valence-electron chi connectivity index (χ0n) is 16.0. The molecule has 1 amide bonds. The van der Waals surface area contributed by atoms with Crippen LogP contribution in [0.15, 0.2) is 83.8 Å². The van der Waals surface area contributed by atoms with Crippen molar-refractivity contribution in [2.75, 3.05) is 4.72 Å². The smallest absolute Gasteiger partial charge is 0.289 e. The maximum Gasteiger partial charge on any atom is 0.289 e. The van der Waals surface area contributed by atoms with Crippen molar-refractivity contribution in [2.24, 2.45) is 0 Å². The molecule has 0 heterocycles. The summed E-state index contributed by atoms with van der Waals surface area (Å²) in [5, 5.41) is 14.0. The Kier molecular flexibility index (Phi) is 6.12. The molecule has 30 heavy (non-hydrogen) atoms. The van der Waals surface area contributed by atoms with E-state index in [1.165, 1.54) is 24.3 Å². The molecule has 0 unspecified atom stereocenters. The van der Waals surface area contributed by atoms with Crippen LogP contribution in [0, 0.1) is 10.1 Å². The summed E-state index contributed by atoms with van der Waals surface area (Å²) in [6.45, 7) is 1.81. The van der Waals surface area contributed by atoms with E-state index in [1.54, 1.807) is 12.1 Å². The van der Waals surface area contributed by atoms with E-state index in [1.807, 2.05) is 37.3 Å². The van der Waals surface area contributed by atoms with E-state index in [4.69, 9.17) is 0 Å². The lowest BCUT2D eigenvalue weighted by Crippen LogP contribution is -2.28. The van der Waals surface area contributed by atoms with Crippen LogP contribution in [0.4, 0.5) is 11.4 Å². The van der Waals surface area contributed by atoms with Crippen molar-refractivity contribution in [3.63, 3.8) is 0 Å². The van der Waals surface area contributed by atoms with Crippen molar-refractivity contribution < 1.29 is 18.1 Å². The molecule has 8 nitrogen and oxygen atoms in total. The Morgan fingerprint density at radius 3 is 2.23 bits per heavy atom. The van der Waals surface area contributed by atoms with Crippen LogP contribution in [0.5, 0.6) is 0 Å². The molecule has 1 atom stereocenters. The van der Waals surface area contributed by atoms with Crippen molar-refractivity contribution >= 4 is 27.3 Å². The van der Waals surface area contributed by atoms with Gasteiger partial charge in [-0.1, -0.05) is 54.6 Å². The number of hydrogen-bond donors (Lipinski definition) is 2. The van der Waals surface area contributed by atoms with E-state index in [0.717, 1.165) is 17.7 Å². The fourth-order valence-corrected chi connectivity index (χ4v) is 4.16. The topological polar surface area (TPSA) is 118 Å². The summed E-state index contributed by atoms with van der Waals surface area (Å²) in [5.41, 5.74) is 0.462. The summed E-state index contributed by atoms with van der Waals surface area (Å²) >= 11 is 0. The highest BCUT2D eigenvalue weighted by Gasteiger charge is 2.26. The van der Waals surface area contributed by atoms with Gasteiger partial charge in [-0.15, -0.1) is 0 Å². The predicted octanol–water partition coefficient (Wildman–Crippen LogP) is 3.89. The number of carbonyl (C=O) groups excluding carboxylic acids is 1. The highest BCUT2D eigenvalue weighted by atomic mass is 32.2. The molecular formula is C21H19N3O5S. The molecule has 0 fully saturated rings. The van der Waals surface area contributed by atoms with E-state index in [-0.39, 0.29) is 17.3 Å². The summed E-state index contributed by atoms with van der Waals surface area (Å²) < 4.78 is 27.9. The van der Waals surface area contributed by atoms with Crippen molar-refractivity contribution in [1.29, 1.82) is 0 Å². The van der Waals surface area contributed by atoms with Crippen molar-refractivity contribution in [3.8, 4) is 0 Å². The number of nitrogens with one attached hydrogen (secondary N) is 2. The van der Waals surface area contributed by atoms with Crippen molar-refractivity contribution in [3.05, 3.63) is 100 Å². The number of para-hydroxylation sites is 2. The quantitative estimate of drug-likeness (QED) is 0.440. The van der Waals surface area contributed by atoms with Crippen LogP contribution in [0.3, 0.4) is 0 Å². The number of nitrogens with zero attached hydrogens (tertiary/aromatic N) is 1. The van der Waals surface area contributed by atoms with Gasteiger partial charge in [-0.25, -0.2) is 8.42 Å². The predicted molar refractivity (Wildman–Crippen MR) is 113 cm³/mol. The van der Waals surface area contributed by atoms with E-state index < -0.39 is 31.4 Å². The molecule has 3 aromatic rings. The van der Waals surface area contributed by atoms with Crippen LogP contribution in [0.25, 0.3) is 0 Å². The van der Waals surface area contributed by atoms with Gasteiger partial charge < -0.3 is 5.32 Å². The lowest BCUT2D eigenvalue weighted by atomic mass is 10.1. The number of nitro groups is 1. The standard InChI is InChI=1S/C21H19N3O5S/c1-15(16-9-3-2-4-10-16)22-21(25)17-11-5-6-12-18(17)23-30(28,29)20-14-8-7-13-19(20)24(26)27/h2-15,23H,1H3,(H,22,25)/t15-/m0/s1. The Labute approximate surface area is 173 Å². The first-order valence-corrected chi connectivity index (χ1v) is 10.5. The fourth-order valence-electron chi connectivity index (χ4n) is 2.90. The van der Waals surface area contributed by atoms with Gasteiger partial charge in [-0.2, -0.15) is 0 Å². The summed E-state index contributed by atoms with van der Waals surface area (Å²) in [5.74, 6) is -0.479. The van der Waals surface area contributed by atoms with E-state index in [9.17, 15) is 23.3 Å². The van der Waals surface area contributed by atoms with Gasteiger partial charge in [-0.3, -0.25) is 19.6 Å². The summed E-state index contributed by atoms with van der Waals surface area (Å²) in [4.78, 5) is 22.7. The van der Waals surface area contributed by atoms with Crippen molar-refractivity contribution in [2.45, 2.75) is 17.9 Å². The zero-order chi connectivity index (χ0) is 21.7. The minimum atomic E-state index is -4.30. The number of sulfonamides is 1. The second-order valence-corrected chi connectivity index (χ2v) is 8.13. The zero-order valence-corrected chi connectivity index (χ0v) is 16.8. The lowest BCUT2D eigenvalue weighted by molar-refractivity contribution is -0.387. The highest BCUT2D eigenvalue weighted by molar-refractivity contribution is 7.92. The van der Waals surface area contributed by atoms with Crippen LogP contribution < -0.4 is 10.0 Å². The third-order valence-corrected chi connectivity index (χ3v) is 5.83. The first-order chi connectivity index (χ1) is 14.3. The average Bonchev–Trinajstić information content (AvgIpc) is 2.74. The molecule has 0 aliphatic heterocycles. The van der Waals surface area contributed by atoms with Crippen LogP contribution in [0.2, 0.25) is 0 Å². The van der Waals surface area contributed by atoms with Gasteiger partial charge in [-0.05, 0) is 30.7 Å². The van der Waals surface area contributed by atoms with Crippen LogP contribution >= 0.6 is 0 Å². The number of hydrogen-bond acceptors (Lipinski definition) is 5. The molecule has 3 aromatic carbocycles. The van der Waals surface area contributed by atoms with E-state index in [0.29, 0.717) is 0 Å². The Bertz CT molecular complexity index is 1180. The fraction of sp³-hybridized carbons (Fsp3) is 0.0952. The Morgan fingerprint density at radius 2 is 1.53 bits per heavy atom. The number of anilines is 1. The van der Waals surface area contributed by atoms with Crippen LogP contribution in [0.1, 0.15) is 28.9 Å². The summed E-state index contributed by atoms with van der Waals surface area (Å²) in [6.07, 6.45) is 0. The minimum Gasteiger partial charge on any atom is -0.345 e. The van der Waals surface area contributed by atoms with Crippen molar-refractivity contribution in [1.82, 2.24) is 5.32 Å². The number of amides is 1. The van der Waals surface area contributed by atoms with Crippen LogP contribution in [-0.2, 0) is 10.0 Å². The molecule has 9 heteroatoms. The second-order valence-electron chi connectivity index (χ2n) is 6.48. The number of benzene rings is 3. The number of nitro benzene ring substituents is 1. The normalized spacial score (nSPS) is 12.0. The van der Waals surface area contributed by atoms with Gasteiger partial charge in [0, 0.05) is 6.07 Å². The number of carbonyl (C=O) groups is 1. The molecule has 2 N–H and O–H groups in total. The molecule has 0 aliphatic carbocycles. The average molecular weight is 425 g/mol. The largest absolute Gasteiger partial charge is 0.345 e. The Morgan fingerprint density at radius 1 is 0.933 bits per heavy atom. The summed E-state index contributed by atoms with van der Waals surface area (Å²) in [7, 11) is -4.30. The maximum atomic E-state index is 12.8. The first-order valence-electron chi connectivity index (χ1n) is 9.00. The highest BCUT2D eigenvalue weighted by Crippen LogP contribution is 2.27. The van der Waals surface area contributed by atoms with Gasteiger partial charge in [0.05, 0.1) is 22.2 Å². The van der Waals surface area contributed by atoms with Gasteiger partial charge in [0.15, 0.2) is 4.90 Å². The van der Waals surface area contributed by atoms with Gasteiger partial charge in [0.2, 0.25) is 0 Å². The molecule has 154 valence electrons. The van der Waals surface area contributed by atoms with Gasteiger partial charge >= 0.3 is 0 Å². The molecule has 0 spiro atoms. The molecule has 0 bridgehead atoms. The molecule has 0 radical (unpaired) electrons. The molecule has 0 aromatic heterocycles. The SMILES string of the molecule is C[C@H](NC(=O)c1ccccc1NS(=O)(=O)c1ccccc1[N+](=O)[O-])c1ccccc1. The molecule has 0 saturated heterocycles. The third kappa shape index (κ3) is 4.64. The van der Waals surface area contributed by atoms with Gasteiger partial charge in [0.25, 0.3) is 21.6 Å². The Balaban J connectivity index is 1.89. The lowest BCUT2D eigenvalue weighted by Gasteiger charge is -2.17. The minimum absolute atomic E-state index is 0.0217. The van der Waals surface area contributed by atoms with E-state index >= 15 is 0 Å². The maximum absolute atomic E-state index is 12.8. The Hall–Kier alpha value is -3.72. The van der Waals surface area contributed by atoms with Gasteiger partial charge in [0.1, 0.15) is 0 Å². The second kappa shape index (κ2) is 8.75. The molecule has 0 aliphatic rings. The first kappa shape index (κ1) is 21.0.